The first-order valence-corrected chi connectivity index (χ1v) is 16.1. The second-order valence-corrected chi connectivity index (χ2v) is 13.4. The minimum absolute atomic E-state index is 0.0130. The van der Waals surface area contributed by atoms with Crippen LogP contribution in [0.2, 0.25) is 0 Å². The second-order valence-electron chi connectivity index (χ2n) is 13.4. The quantitative estimate of drug-likeness (QED) is 0.157. The van der Waals surface area contributed by atoms with Gasteiger partial charge in [-0.2, -0.15) is 0 Å². The highest BCUT2D eigenvalue weighted by atomic mass is 16.6. The molecule has 1 fully saturated rings. The molecule has 6 nitrogen and oxygen atoms in total. The maximum atomic E-state index is 13.0. The van der Waals surface area contributed by atoms with Gasteiger partial charge in [-0.25, -0.2) is 9.59 Å². The zero-order chi connectivity index (χ0) is 29.4. The molecule has 1 aliphatic rings. The lowest BCUT2D eigenvalue weighted by atomic mass is 9.62. The van der Waals surface area contributed by atoms with Crippen molar-refractivity contribution in [2.45, 2.75) is 150 Å². The Kier molecular flexibility index (Phi) is 14.9. The van der Waals surface area contributed by atoms with Gasteiger partial charge in [-0.3, -0.25) is 0 Å². The molecule has 1 aliphatic carbocycles. The van der Waals surface area contributed by atoms with Gasteiger partial charge in [0.25, 0.3) is 0 Å². The van der Waals surface area contributed by atoms with Crippen molar-refractivity contribution in [2.75, 3.05) is 6.54 Å². The van der Waals surface area contributed by atoms with E-state index in [2.05, 4.69) is 51.3 Å². The van der Waals surface area contributed by atoms with Crippen LogP contribution in [0, 0.1) is 10.8 Å². The van der Waals surface area contributed by atoms with Crippen LogP contribution >= 0.6 is 0 Å². The van der Waals surface area contributed by atoms with Gasteiger partial charge in [-0.1, -0.05) is 111 Å². The number of aryl methyl sites for hydroxylation is 1. The van der Waals surface area contributed by atoms with E-state index in [1.54, 1.807) is 0 Å². The number of hydrogen-bond acceptors (Lipinski definition) is 3. The molecule has 0 saturated heterocycles. The topological polar surface area (TPSA) is 87.7 Å². The van der Waals surface area contributed by atoms with E-state index in [4.69, 9.17) is 4.74 Å². The Morgan fingerprint density at radius 2 is 1.48 bits per heavy atom. The van der Waals surface area contributed by atoms with Crippen LogP contribution in [0.15, 0.2) is 18.2 Å². The number of rotatable bonds is 18. The monoisotopic (exact) mass is 558 g/mol. The summed E-state index contributed by atoms with van der Waals surface area (Å²) >= 11 is 0. The maximum Gasteiger partial charge on any atom is 0.412 e. The van der Waals surface area contributed by atoms with E-state index < -0.39 is 12.2 Å². The number of carbonyl (C=O) groups is 2. The maximum absolute atomic E-state index is 13.0. The van der Waals surface area contributed by atoms with Crippen LogP contribution in [0.3, 0.4) is 0 Å². The first-order valence-electron chi connectivity index (χ1n) is 16.1. The number of hydrogen-bond donors (Lipinski definition) is 3. The minimum Gasteiger partial charge on any atom is -0.465 e. The SMILES string of the molecule is CCCCCCCCc1cccc(OC(=O)NCC2(C)CC(NC(=O)O)CC(C)(C)C2)c1CCCCCCCC. The fourth-order valence-electron chi connectivity index (χ4n) is 6.87. The molecular weight excluding hydrogens is 500 g/mol. The second kappa shape index (κ2) is 17.5. The van der Waals surface area contributed by atoms with Gasteiger partial charge in [-0.05, 0) is 73.0 Å². The Hall–Kier alpha value is -2.24. The first-order chi connectivity index (χ1) is 19.1. The van der Waals surface area contributed by atoms with Crippen LogP contribution in [-0.4, -0.2) is 29.9 Å². The van der Waals surface area contributed by atoms with Crippen molar-refractivity contribution in [3.05, 3.63) is 29.3 Å². The molecule has 6 heteroatoms. The van der Waals surface area contributed by atoms with Crippen LogP contribution < -0.4 is 15.4 Å². The zero-order valence-corrected chi connectivity index (χ0v) is 26.2. The molecule has 2 atom stereocenters. The summed E-state index contributed by atoms with van der Waals surface area (Å²) in [4.78, 5) is 24.3. The van der Waals surface area contributed by atoms with Crippen molar-refractivity contribution in [1.82, 2.24) is 10.6 Å². The predicted octanol–water partition coefficient (Wildman–Crippen LogP) is 9.43. The van der Waals surface area contributed by atoms with Gasteiger partial charge in [0.15, 0.2) is 0 Å². The molecule has 0 bridgehead atoms. The fraction of sp³-hybridized carbons (Fsp3) is 0.765. The molecule has 228 valence electrons. The fourth-order valence-corrected chi connectivity index (χ4v) is 6.87. The van der Waals surface area contributed by atoms with Gasteiger partial charge in [0.05, 0.1) is 0 Å². The lowest BCUT2D eigenvalue weighted by Crippen LogP contribution is -2.50. The lowest BCUT2D eigenvalue weighted by Gasteiger charge is -2.46. The van der Waals surface area contributed by atoms with Gasteiger partial charge >= 0.3 is 12.2 Å². The average Bonchev–Trinajstić information content (AvgIpc) is 2.86. The molecule has 2 unspecified atom stereocenters. The van der Waals surface area contributed by atoms with Crippen molar-refractivity contribution in [3.8, 4) is 5.75 Å². The average molecular weight is 559 g/mol. The van der Waals surface area contributed by atoms with E-state index in [1.807, 2.05) is 12.1 Å². The largest absolute Gasteiger partial charge is 0.465 e. The molecule has 0 radical (unpaired) electrons. The molecule has 0 spiro atoms. The van der Waals surface area contributed by atoms with Crippen molar-refractivity contribution in [3.63, 3.8) is 0 Å². The molecule has 0 aliphatic heterocycles. The Balaban J connectivity index is 2.03. The van der Waals surface area contributed by atoms with E-state index in [1.165, 1.54) is 81.8 Å². The summed E-state index contributed by atoms with van der Waals surface area (Å²) < 4.78 is 5.96. The van der Waals surface area contributed by atoms with Crippen molar-refractivity contribution in [1.29, 1.82) is 0 Å². The van der Waals surface area contributed by atoms with Gasteiger partial charge in [-0.15, -0.1) is 0 Å². The Morgan fingerprint density at radius 1 is 0.875 bits per heavy atom. The molecular formula is C34H58N2O4. The van der Waals surface area contributed by atoms with Gasteiger partial charge in [0.1, 0.15) is 5.75 Å². The van der Waals surface area contributed by atoms with E-state index in [0.717, 1.165) is 32.1 Å². The molecule has 0 heterocycles. The summed E-state index contributed by atoms with van der Waals surface area (Å²) in [5.74, 6) is 0.689. The molecule has 0 aromatic heterocycles. The van der Waals surface area contributed by atoms with Crippen LogP contribution in [-0.2, 0) is 12.8 Å². The predicted molar refractivity (Wildman–Crippen MR) is 165 cm³/mol. The number of unbranched alkanes of at least 4 members (excludes halogenated alkanes) is 10. The summed E-state index contributed by atoms with van der Waals surface area (Å²) in [5.41, 5.74) is 2.28. The van der Waals surface area contributed by atoms with Crippen LogP contribution in [0.25, 0.3) is 0 Å². The highest BCUT2D eigenvalue weighted by Crippen LogP contribution is 2.45. The van der Waals surface area contributed by atoms with Crippen LogP contribution in [0.1, 0.15) is 142 Å². The molecule has 3 N–H and O–H groups in total. The van der Waals surface area contributed by atoms with Crippen molar-refractivity contribution in [2.24, 2.45) is 10.8 Å². The number of ether oxygens (including phenoxy) is 1. The van der Waals surface area contributed by atoms with Crippen LogP contribution in [0.4, 0.5) is 9.59 Å². The standard InChI is InChI=1S/C34H58N2O4/c1-6-8-10-12-14-16-19-27-20-18-22-30(29(27)21-17-15-13-11-9-7-2)40-32(39)35-26-34(5)24-28(36-31(37)38)23-33(3,4)25-34/h18,20,22,28,36H,6-17,19,21,23-26H2,1-5H3,(H,35,39)(H,37,38). The summed E-state index contributed by atoms with van der Waals surface area (Å²) in [7, 11) is 0. The smallest absolute Gasteiger partial charge is 0.412 e. The van der Waals surface area contributed by atoms with E-state index in [9.17, 15) is 14.7 Å². The van der Waals surface area contributed by atoms with Crippen molar-refractivity contribution < 1.29 is 19.4 Å². The highest BCUT2D eigenvalue weighted by Gasteiger charge is 2.42. The number of carbonyl (C=O) groups excluding carboxylic acids is 1. The van der Waals surface area contributed by atoms with Crippen molar-refractivity contribution >= 4 is 12.2 Å². The van der Waals surface area contributed by atoms with Gasteiger partial charge in [0, 0.05) is 12.6 Å². The first kappa shape index (κ1) is 34.0. The van der Waals surface area contributed by atoms with E-state index >= 15 is 0 Å². The van der Waals surface area contributed by atoms with E-state index in [-0.39, 0.29) is 16.9 Å². The van der Waals surface area contributed by atoms with Gasteiger partial charge in [0.2, 0.25) is 0 Å². The Labute approximate surface area is 244 Å². The third-order valence-corrected chi connectivity index (χ3v) is 8.44. The normalized spacial score (nSPS) is 20.2. The van der Waals surface area contributed by atoms with Crippen LogP contribution in [0.5, 0.6) is 5.75 Å². The summed E-state index contributed by atoms with van der Waals surface area (Å²) in [6, 6.07) is 6.05. The lowest BCUT2D eigenvalue weighted by molar-refractivity contribution is 0.0695. The van der Waals surface area contributed by atoms with Gasteiger partial charge < -0.3 is 20.5 Å². The number of amides is 2. The molecule has 1 aromatic rings. The third kappa shape index (κ3) is 13.0. The zero-order valence-electron chi connectivity index (χ0n) is 26.2. The molecule has 1 saturated carbocycles. The summed E-state index contributed by atoms with van der Waals surface area (Å²) in [5, 5.41) is 15.0. The highest BCUT2D eigenvalue weighted by molar-refractivity contribution is 5.71. The molecule has 2 rings (SSSR count). The number of carboxylic acid groups (broad SMARTS) is 1. The van der Waals surface area contributed by atoms with E-state index in [0.29, 0.717) is 18.7 Å². The Bertz CT molecular complexity index is 900. The molecule has 2 amide bonds. The summed E-state index contributed by atoms with van der Waals surface area (Å²) in [6.45, 7) is 11.4. The third-order valence-electron chi connectivity index (χ3n) is 8.44. The Morgan fingerprint density at radius 3 is 2.10 bits per heavy atom. The summed E-state index contributed by atoms with van der Waals surface area (Å²) in [6.07, 6.45) is 18.0. The number of benzene rings is 1. The minimum atomic E-state index is -0.990. The molecule has 40 heavy (non-hydrogen) atoms. The number of nitrogens with one attached hydrogen (secondary N) is 2. The molecule has 1 aromatic carbocycles.